The van der Waals surface area contributed by atoms with Crippen LogP contribution in [0.4, 0.5) is 5.13 Å². The fourth-order valence-electron chi connectivity index (χ4n) is 5.03. The average molecular weight is 711 g/mol. The number of aliphatic hydroxyl groups is 2. The molecule has 2 aliphatic heterocycles. The highest BCUT2D eigenvalue weighted by atomic mass is 32.2. The smallest absolute Gasteiger partial charge is 0.352 e. The second kappa shape index (κ2) is 13.7. The number of aliphatic hydroxyl groups excluding tert-OH is 1. The Kier molecular flexibility index (Phi) is 9.66. The number of nitrogen functional groups attached to an aromatic ring is 1. The van der Waals surface area contributed by atoms with Crippen LogP contribution in [0, 0.1) is 11.3 Å². The number of phenols is 2. The molecule has 0 radical (unpaired) electrons. The van der Waals surface area contributed by atoms with Crippen molar-refractivity contribution in [3.63, 3.8) is 0 Å². The van der Waals surface area contributed by atoms with Crippen LogP contribution in [-0.2, 0) is 24.0 Å². The van der Waals surface area contributed by atoms with Gasteiger partial charge >= 0.3 is 11.9 Å². The summed E-state index contributed by atoms with van der Waals surface area (Å²) >= 11 is 2.07. The lowest BCUT2D eigenvalue weighted by Crippen LogP contribution is -2.71. The number of amides is 2. The zero-order chi connectivity index (χ0) is 35.6. The Morgan fingerprint density at radius 2 is 2.02 bits per heavy atom. The third-order valence-electron chi connectivity index (χ3n) is 7.55. The molecule has 4 unspecified atom stereocenters. The third-order valence-corrected chi connectivity index (χ3v) is 9.52. The maximum atomic E-state index is 13.5. The van der Waals surface area contributed by atoms with Gasteiger partial charge in [-0.25, -0.2) is 14.6 Å². The van der Waals surface area contributed by atoms with Crippen LogP contribution < -0.4 is 11.1 Å². The second-order valence-electron chi connectivity index (χ2n) is 10.8. The highest BCUT2D eigenvalue weighted by Gasteiger charge is 2.54. The van der Waals surface area contributed by atoms with Gasteiger partial charge in [0.15, 0.2) is 22.3 Å². The summed E-state index contributed by atoms with van der Waals surface area (Å²) in [6.07, 6.45) is 5.47. The minimum absolute atomic E-state index is 0.00624. The van der Waals surface area contributed by atoms with Gasteiger partial charge in [-0.1, -0.05) is 17.3 Å². The molecule has 1 aromatic carbocycles. The van der Waals surface area contributed by atoms with E-state index in [0.29, 0.717) is 5.57 Å². The van der Waals surface area contributed by atoms with Gasteiger partial charge in [-0.2, -0.15) is 5.26 Å². The number of hydrogen-bond acceptors (Lipinski definition) is 15. The number of benzene rings is 1. The number of nitrogens with two attached hydrogens (primary N) is 1. The number of nitriles is 1. The number of fused-ring (bicyclic) bond motifs is 1. The molecule has 1 aromatic heterocycles. The molecular formula is C30H26N6O11S2. The first-order valence-electron chi connectivity index (χ1n) is 14.1. The topological polar surface area (TPSA) is 289 Å². The first-order chi connectivity index (χ1) is 23.2. The lowest BCUT2D eigenvalue weighted by molar-refractivity contribution is -0.151. The van der Waals surface area contributed by atoms with Gasteiger partial charge in [0.25, 0.3) is 17.9 Å². The molecular weight excluding hydrogens is 684 g/mol. The van der Waals surface area contributed by atoms with Crippen molar-refractivity contribution in [2.24, 2.45) is 5.16 Å². The Balaban J connectivity index is 1.35. The van der Waals surface area contributed by atoms with E-state index < -0.39 is 69.6 Å². The van der Waals surface area contributed by atoms with E-state index >= 15 is 0 Å². The van der Waals surface area contributed by atoms with Crippen LogP contribution in [0.2, 0.25) is 0 Å². The van der Waals surface area contributed by atoms with Crippen LogP contribution in [0.25, 0.3) is 0 Å². The van der Waals surface area contributed by atoms with Crippen LogP contribution in [0.3, 0.4) is 0 Å². The number of thioether (sulfide) groups is 1. The van der Waals surface area contributed by atoms with E-state index in [1.165, 1.54) is 29.7 Å². The average Bonchev–Trinajstić information content (AvgIpc) is 3.49. The van der Waals surface area contributed by atoms with Gasteiger partial charge in [-0.05, 0) is 42.4 Å². The van der Waals surface area contributed by atoms with E-state index in [1.807, 2.05) is 0 Å². The van der Waals surface area contributed by atoms with Crippen molar-refractivity contribution < 1.29 is 54.7 Å². The number of aliphatic carboxylic acids is 2. The zero-order valence-electron chi connectivity index (χ0n) is 24.9. The monoisotopic (exact) mass is 710 g/mol. The van der Waals surface area contributed by atoms with E-state index in [0.717, 1.165) is 40.1 Å². The molecule has 0 bridgehead atoms. The summed E-state index contributed by atoms with van der Waals surface area (Å²) < 4.78 is 0. The number of β-lactam (4-membered cyclic amide) rings is 1. The first-order valence-corrected chi connectivity index (χ1v) is 16.0. The largest absolute Gasteiger partial charge is 0.508 e. The normalized spacial score (nSPS) is 22.5. The predicted molar refractivity (Wildman–Crippen MR) is 172 cm³/mol. The molecule has 1 aliphatic carbocycles. The van der Waals surface area contributed by atoms with Gasteiger partial charge in [0.2, 0.25) is 0 Å². The fraction of sp³-hybridized carbons (Fsp3) is 0.233. The number of carbonyl (C=O) groups is 4. The van der Waals surface area contributed by atoms with Crippen LogP contribution in [0.1, 0.15) is 35.8 Å². The summed E-state index contributed by atoms with van der Waals surface area (Å²) in [5, 5.41) is 75.9. The van der Waals surface area contributed by atoms with Crippen LogP contribution in [0.15, 0.2) is 70.1 Å². The summed E-state index contributed by atoms with van der Waals surface area (Å²) in [7, 11) is 0. The van der Waals surface area contributed by atoms with Gasteiger partial charge in [-0.3, -0.25) is 14.5 Å². The van der Waals surface area contributed by atoms with Gasteiger partial charge in [0.1, 0.15) is 34.6 Å². The van der Waals surface area contributed by atoms with Crippen molar-refractivity contribution in [2.75, 3.05) is 11.5 Å². The van der Waals surface area contributed by atoms with Crippen LogP contribution in [0.5, 0.6) is 11.5 Å². The Hall–Kier alpha value is -5.84. The summed E-state index contributed by atoms with van der Waals surface area (Å²) in [6, 6.07) is 2.44. The number of allylic oxidation sites excluding steroid dienone is 2. The number of nitrogens with zero attached hydrogens (tertiary/aromatic N) is 4. The van der Waals surface area contributed by atoms with Gasteiger partial charge in [-0.15, -0.1) is 23.1 Å². The van der Waals surface area contributed by atoms with E-state index in [4.69, 9.17) is 15.8 Å². The van der Waals surface area contributed by atoms with Crippen molar-refractivity contribution in [3.05, 3.63) is 81.7 Å². The molecule has 1 fully saturated rings. The van der Waals surface area contributed by atoms with E-state index in [9.17, 15) is 49.8 Å². The van der Waals surface area contributed by atoms with E-state index in [-0.39, 0.29) is 46.4 Å². The quantitative estimate of drug-likeness (QED) is 0.0707. The number of oxime groups is 1. The number of carboxylic acids is 2. The maximum Gasteiger partial charge on any atom is 0.352 e. The molecule has 5 rings (SSSR count). The fourth-order valence-corrected chi connectivity index (χ4v) is 6.90. The van der Waals surface area contributed by atoms with Crippen LogP contribution in [-0.4, -0.2) is 92.8 Å². The Labute approximate surface area is 284 Å². The van der Waals surface area contributed by atoms with Gasteiger partial charge in [0.05, 0.1) is 16.7 Å². The minimum atomic E-state index is -2.08. The summed E-state index contributed by atoms with van der Waals surface area (Å²) in [5.41, 5.74) is 2.81. The molecule has 3 heterocycles. The van der Waals surface area contributed by atoms with Gasteiger partial charge < -0.3 is 46.5 Å². The lowest BCUT2D eigenvalue weighted by atomic mass is 9.91. The highest BCUT2D eigenvalue weighted by Crippen LogP contribution is 2.41. The number of anilines is 1. The summed E-state index contributed by atoms with van der Waals surface area (Å²) in [6.45, 7) is 0. The number of thiazole rings is 1. The number of phenolic OH excluding ortho intramolecular Hbond substituents is 2. The number of carbonyl (C=O) groups excluding carboxylic acids is 2. The number of nitrogens with one attached hydrogen (secondary N) is 1. The van der Waals surface area contributed by atoms with Crippen molar-refractivity contribution >= 4 is 57.7 Å². The number of hydrogen-bond donors (Lipinski definition) is 8. The number of carboxylic acid groups (broad SMARTS) is 2. The lowest BCUT2D eigenvalue weighted by Gasteiger charge is -2.49. The van der Waals surface area contributed by atoms with Crippen molar-refractivity contribution in [3.8, 4) is 17.6 Å². The van der Waals surface area contributed by atoms with Crippen molar-refractivity contribution in [2.45, 2.75) is 36.0 Å². The van der Waals surface area contributed by atoms with E-state index in [1.54, 1.807) is 12.1 Å². The molecule has 0 saturated carbocycles. The summed E-state index contributed by atoms with van der Waals surface area (Å²) in [4.78, 5) is 61.2. The second-order valence-corrected chi connectivity index (χ2v) is 12.8. The Bertz CT molecular complexity index is 1950. The summed E-state index contributed by atoms with van der Waals surface area (Å²) in [5.74, 6) is -6.61. The molecule has 2 aromatic rings. The molecule has 9 N–H and O–H groups in total. The molecule has 0 spiro atoms. The molecule has 4 atom stereocenters. The number of rotatable bonds is 11. The molecule has 1 saturated heterocycles. The maximum absolute atomic E-state index is 13.5. The number of aromatic hydroxyl groups is 2. The molecule has 17 nitrogen and oxygen atoms in total. The van der Waals surface area contributed by atoms with E-state index in [2.05, 4.69) is 15.5 Å². The highest BCUT2D eigenvalue weighted by molar-refractivity contribution is 8.00. The SMILES string of the molecule is N#Cc1ccc(C(ON=C(C(=O)NC2C(=O)N3C(C(=O)O)=C(C=CCC4(O)C=CC(O)=CC4)CSC23)c2csc(N)n2)C(=O)O)c(O)c1O. The van der Waals surface area contributed by atoms with Crippen molar-refractivity contribution in [1.82, 2.24) is 15.2 Å². The number of aromatic nitrogens is 1. The zero-order valence-corrected chi connectivity index (χ0v) is 26.5. The molecule has 2 amide bonds. The Morgan fingerprint density at radius 1 is 1.27 bits per heavy atom. The molecule has 254 valence electrons. The first kappa shape index (κ1) is 34.5. The van der Waals surface area contributed by atoms with Crippen LogP contribution >= 0.6 is 23.1 Å². The molecule has 49 heavy (non-hydrogen) atoms. The van der Waals surface area contributed by atoms with Gasteiger partial charge in [0, 0.05) is 17.6 Å². The Morgan fingerprint density at radius 3 is 2.63 bits per heavy atom. The molecule has 19 heteroatoms. The third kappa shape index (κ3) is 6.92. The standard InChI is InChI=1S/C30H26N6O11S2/c31-10-13-3-4-16(22(39)21(13)38)23(28(44)45)47-35-18(17-12-49-29(32)33-17)24(40)34-19-25(41)36-20(27(42)43)14(11-48-26(19)36)2-1-7-30(46)8-5-15(37)6-9-30/h1-6,8,12,19,23,26,37-39,46H,7,9,11H2,(H2,32,33)(H,34,40)(H,42,43)(H,44,45). The predicted octanol–water partition coefficient (Wildman–Crippen LogP) is 1.37. The minimum Gasteiger partial charge on any atom is -0.508 e. The molecule has 3 aliphatic rings. The van der Waals surface area contributed by atoms with Crippen molar-refractivity contribution in [1.29, 1.82) is 5.26 Å².